The summed E-state index contributed by atoms with van der Waals surface area (Å²) in [5.74, 6) is 2.85. The lowest BCUT2D eigenvalue weighted by Crippen LogP contribution is -2.31. The number of hydrogen-bond acceptors (Lipinski definition) is 2. The third-order valence-electron chi connectivity index (χ3n) is 4.15. The first-order valence-corrected chi connectivity index (χ1v) is 6.14. The van der Waals surface area contributed by atoms with Crippen molar-refractivity contribution in [2.24, 2.45) is 17.8 Å². The number of carbonyl (C=O) groups is 1. The lowest BCUT2D eigenvalue weighted by atomic mass is 9.89. The summed E-state index contributed by atoms with van der Waals surface area (Å²) in [7, 11) is 0. The lowest BCUT2D eigenvalue weighted by Gasteiger charge is -2.21. The molecule has 0 radical (unpaired) electrons. The van der Waals surface area contributed by atoms with Gasteiger partial charge in [-0.2, -0.15) is 0 Å². The van der Waals surface area contributed by atoms with Crippen LogP contribution in [0.4, 0.5) is 0 Å². The van der Waals surface area contributed by atoms with Crippen LogP contribution in [0.25, 0.3) is 0 Å². The number of fused-ring (bicyclic) bond motifs is 2. The fourth-order valence-corrected chi connectivity index (χ4v) is 3.35. The highest BCUT2D eigenvalue weighted by molar-refractivity contribution is 5.91. The first-order chi connectivity index (χ1) is 7.83. The number of hydrogen-bond donors (Lipinski definition) is 1. The monoisotopic (exact) mass is 219 g/mol. The van der Waals surface area contributed by atoms with E-state index in [1.807, 2.05) is 0 Å². The Hall–Kier alpha value is -1.25. The number of carbonyl (C=O) groups excluding carboxylic acids is 1. The van der Waals surface area contributed by atoms with Crippen molar-refractivity contribution in [3.63, 3.8) is 0 Å². The third kappa shape index (κ3) is 1.75. The van der Waals surface area contributed by atoms with E-state index in [0.717, 1.165) is 18.4 Å². The summed E-state index contributed by atoms with van der Waals surface area (Å²) in [4.78, 5) is 11.7. The molecule has 2 fully saturated rings. The Kier molecular flexibility index (Phi) is 2.46. The van der Waals surface area contributed by atoms with Crippen LogP contribution in [0.1, 0.15) is 36.2 Å². The summed E-state index contributed by atoms with van der Waals surface area (Å²) >= 11 is 0. The van der Waals surface area contributed by atoms with Gasteiger partial charge in [0.15, 0.2) is 5.76 Å². The predicted octanol–water partition coefficient (Wildman–Crippen LogP) is 2.45. The standard InChI is InChI=1S/C13H17NO2/c15-13(12-2-1-5-16-12)14-8-11-7-9-3-4-10(11)6-9/h1-2,5,9-11H,3-4,6-8H2,(H,14,15)/t9-,10+,11-/m0/s1. The summed E-state index contributed by atoms with van der Waals surface area (Å²) < 4.78 is 5.06. The second kappa shape index (κ2) is 3.96. The van der Waals surface area contributed by atoms with Crippen LogP contribution >= 0.6 is 0 Å². The molecular weight excluding hydrogens is 202 g/mol. The Labute approximate surface area is 95.2 Å². The van der Waals surface area contributed by atoms with Crippen LogP contribution in [0, 0.1) is 17.8 Å². The predicted molar refractivity (Wildman–Crippen MR) is 60.0 cm³/mol. The molecule has 1 aromatic heterocycles. The van der Waals surface area contributed by atoms with Gasteiger partial charge in [-0.15, -0.1) is 0 Å². The van der Waals surface area contributed by atoms with Gasteiger partial charge in [-0.1, -0.05) is 6.42 Å². The van der Waals surface area contributed by atoms with Gasteiger partial charge in [0.1, 0.15) is 0 Å². The molecular formula is C13H17NO2. The highest BCUT2D eigenvalue weighted by Crippen LogP contribution is 2.47. The smallest absolute Gasteiger partial charge is 0.286 e. The van der Waals surface area contributed by atoms with Crippen LogP contribution in [0.2, 0.25) is 0 Å². The summed E-state index contributed by atoms with van der Waals surface area (Å²) in [6.07, 6.45) is 7.01. The van der Waals surface area contributed by atoms with Crippen molar-refractivity contribution in [2.45, 2.75) is 25.7 Å². The largest absolute Gasteiger partial charge is 0.459 e. The van der Waals surface area contributed by atoms with Gasteiger partial charge in [0.2, 0.25) is 0 Å². The zero-order valence-corrected chi connectivity index (χ0v) is 9.32. The third-order valence-corrected chi connectivity index (χ3v) is 4.15. The van der Waals surface area contributed by atoms with Crippen LogP contribution in [-0.2, 0) is 0 Å². The van der Waals surface area contributed by atoms with Gasteiger partial charge >= 0.3 is 0 Å². The van der Waals surface area contributed by atoms with E-state index in [1.165, 1.54) is 31.9 Å². The maximum atomic E-state index is 11.7. The van der Waals surface area contributed by atoms with Gasteiger partial charge < -0.3 is 9.73 Å². The minimum Gasteiger partial charge on any atom is -0.459 e. The van der Waals surface area contributed by atoms with E-state index in [1.54, 1.807) is 12.1 Å². The molecule has 1 N–H and O–H groups in total. The highest BCUT2D eigenvalue weighted by Gasteiger charge is 2.39. The van der Waals surface area contributed by atoms with Crippen LogP contribution in [-0.4, -0.2) is 12.5 Å². The Morgan fingerprint density at radius 1 is 1.44 bits per heavy atom. The molecule has 0 aromatic carbocycles. The number of nitrogens with one attached hydrogen (secondary N) is 1. The molecule has 2 bridgehead atoms. The van der Waals surface area contributed by atoms with Gasteiger partial charge in [0.05, 0.1) is 6.26 Å². The Bertz CT molecular complexity index is 371. The van der Waals surface area contributed by atoms with Gasteiger partial charge in [-0.3, -0.25) is 4.79 Å². The summed E-state index contributed by atoms with van der Waals surface area (Å²) in [6.45, 7) is 0.820. The van der Waals surface area contributed by atoms with Crippen molar-refractivity contribution < 1.29 is 9.21 Å². The summed E-state index contributed by atoms with van der Waals surface area (Å²) in [6, 6.07) is 3.45. The van der Waals surface area contributed by atoms with Crippen LogP contribution in [0.3, 0.4) is 0 Å². The topological polar surface area (TPSA) is 42.2 Å². The second-order valence-electron chi connectivity index (χ2n) is 5.12. The van der Waals surface area contributed by atoms with Crippen LogP contribution in [0.15, 0.2) is 22.8 Å². The van der Waals surface area contributed by atoms with Crippen LogP contribution in [0.5, 0.6) is 0 Å². The molecule has 1 heterocycles. The SMILES string of the molecule is O=C(NC[C@@H]1C[C@H]2CC[C@@H]1C2)c1ccco1. The zero-order chi connectivity index (χ0) is 11.0. The maximum absolute atomic E-state index is 11.7. The van der Waals surface area contributed by atoms with E-state index >= 15 is 0 Å². The minimum absolute atomic E-state index is 0.0761. The lowest BCUT2D eigenvalue weighted by molar-refractivity contribution is 0.0914. The van der Waals surface area contributed by atoms with Gasteiger partial charge in [0.25, 0.3) is 5.91 Å². The number of rotatable bonds is 3. The fourth-order valence-electron chi connectivity index (χ4n) is 3.35. The van der Waals surface area contributed by atoms with Crippen molar-refractivity contribution in [3.8, 4) is 0 Å². The molecule has 3 rings (SSSR count). The molecule has 2 aliphatic carbocycles. The first-order valence-electron chi connectivity index (χ1n) is 6.14. The molecule has 0 aliphatic heterocycles. The molecule has 1 amide bonds. The normalized spacial score (nSPS) is 31.9. The molecule has 16 heavy (non-hydrogen) atoms. The molecule has 0 saturated heterocycles. The molecule has 2 saturated carbocycles. The summed E-state index contributed by atoms with van der Waals surface area (Å²) in [5, 5.41) is 2.98. The maximum Gasteiger partial charge on any atom is 0.286 e. The van der Waals surface area contributed by atoms with Gasteiger partial charge in [-0.05, 0) is 49.1 Å². The van der Waals surface area contributed by atoms with Gasteiger partial charge in [0, 0.05) is 6.54 Å². The average molecular weight is 219 g/mol. The zero-order valence-electron chi connectivity index (χ0n) is 9.32. The molecule has 2 aliphatic rings. The first kappa shape index (κ1) is 9.94. The average Bonchev–Trinajstić information content (AvgIpc) is 3.01. The van der Waals surface area contributed by atoms with Gasteiger partial charge in [-0.25, -0.2) is 0 Å². The molecule has 3 heteroatoms. The molecule has 0 spiro atoms. The van der Waals surface area contributed by atoms with E-state index in [4.69, 9.17) is 4.42 Å². The number of furan rings is 1. The fraction of sp³-hybridized carbons (Fsp3) is 0.615. The Morgan fingerprint density at radius 3 is 3.00 bits per heavy atom. The quantitative estimate of drug-likeness (QED) is 0.848. The van der Waals surface area contributed by atoms with E-state index in [2.05, 4.69) is 5.32 Å². The van der Waals surface area contributed by atoms with E-state index in [9.17, 15) is 4.79 Å². The molecule has 1 aromatic rings. The van der Waals surface area contributed by atoms with E-state index in [-0.39, 0.29) is 5.91 Å². The molecule has 3 nitrogen and oxygen atoms in total. The van der Waals surface area contributed by atoms with E-state index in [0.29, 0.717) is 11.7 Å². The van der Waals surface area contributed by atoms with Crippen molar-refractivity contribution in [3.05, 3.63) is 24.2 Å². The second-order valence-corrected chi connectivity index (χ2v) is 5.12. The number of amides is 1. The minimum atomic E-state index is -0.0761. The van der Waals surface area contributed by atoms with Crippen molar-refractivity contribution in [1.29, 1.82) is 0 Å². The van der Waals surface area contributed by atoms with Crippen molar-refractivity contribution >= 4 is 5.91 Å². The highest BCUT2D eigenvalue weighted by atomic mass is 16.3. The summed E-state index contributed by atoms with van der Waals surface area (Å²) in [5.41, 5.74) is 0. The van der Waals surface area contributed by atoms with E-state index < -0.39 is 0 Å². The van der Waals surface area contributed by atoms with Crippen LogP contribution < -0.4 is 5.32 Å². The Morgan fingerprint density at radius 2 is 2.38 bits per heavy atom. The molecule has 86 valence electrons. The molecule has 3 atom stereocenters. The Balaban J connectivity index is 1.52. The van der Waals surface area contributed by atoms with Crippen molar-refractivity contribution in [2.75, 3.05) is 6.54 Å². The molecule has 0 unspecified atom stereocenters. The van der Waals surface area contributed by atoms with Crippen molar-refractivity contribution in [1.82, 2.24) is 5.32 Å².